The van der Waals surface area contributed by atoms with Crippen LogP contribution in [0.15, 0.2) is 42.5 Å². The maximum Gasteiger partial charge on any atom is 0.124 e. The number of halogens is 3. The van der Waals surface area contributed by atoms with E-state index in [0.29, 0.717) is 11.4 Å². The number of aryl methyl sites for hydroxylation is 1. The zero-order valence-corrected chi connectivity index (χ0v) is 11.5. The van der Waals surface area contributed by atoms with Crippen molar-refractivity contribution >= 4 is 23.2 Å². The molecule has 0 fully saturated rings. The first-order valence-electron chi connectivity index (χ1n) is 5.71. The minimum atomic E-state index is -0.344. The lowest BCUT2D eigenvalue weighted by atomic mass is 10.0. The fraction of sp³-hybridized carbons (Fsp3) is 0.200. The van der Waals surface area contributed by atoms with E-state index in [-0.39, 0.29) is 11.2 Å². The summed E-state index contributed by atoms with van der Waals surface area (Å²) in [6, 6.07) is 12.5. The van der Waals surface area contributed by atoms with Crippen molar-refractivity contribution in [1.82, 2.24) is 0 Å². The predicted octanol–water partition coefficient (Wildman–Crippen LogP) is 5.31. The van der Waals surface area contributed by atoms with E-state index >= 15 is 0 Å². The number of alkyl halides is 1. The van der Waals surface area contributed by atoms with Crippen LogP contribution in [0, 0.1) is 12.7 Å². The lowest BCUT2D eigenvalue weighted by Crippen LogP contribution is -1.97. The van der Waals surface area contributed by atoms with Crippen LogP contribution in [0.1, 0.15) is 22.1 Å². The Kier molecular flexibility index (Phi) is 4.26. The van der Waals surface area contributed by atoms with Crippen LogP contribution in [-0.2, 0) is 6.42 Å². The standard InChI is InChI=1S/C15H13Cl2F/c1-10-2-4-11(5-3-10)8-14(16)13-7-6-12(18)9-15(13)17/h2-7,9,14H,8H2,1H3. The Bertz CT molecular complexity index is 535. The third kappa shape index (κ3) is 3.24. The number of rotatable bonds is 3. The molecule has 0 amide bonds. The van der Waals surface area contributed by atoms with Gasteiger partial charge in [0.25, 0.3) is 0 Å². The second kappa shape index (κ2) is 5.73. The van der Waals surface area contributed by atoms with Gasteiger partial charge in [-0.05, 0) is 36.6 Å². The van der Waals surface area contributed by atoms with Gasteiger partial charge in [0.15, 0.2) is 0 Å². The van der Waals surface area contributed by atoms with E-state index in [9.17, 15) is 4.39 Å². The third-order valence-electron chi connectivity index (χ3n) is 2.84. The maximum absolute atomic E-state index is 13.0. The van der Waals surface area contributed by atoms with Gasteiger partial charge in [-0.1, -0.05) is 47.5 Å². The van der Waals surface area contributed by atoms with Crippen LogP contribution in [-0.4, -0.2) is 0 Å². The molecule has 0 spiro atoms. The highest BCUT2D eigenvalue weighted by Crippen LogP contribution is 2.31. The van der Waals surface area contributed by atoms with Crippen LogP contribution in [0.3, 0.4) is 0 Å². The summed E-state index contributed by atoms with van der Waals surface area (Å²) in [4.78, 5) is 0. The molecule has 94 valence electrons. The average molecular weight is 283 g/mol. The van der Waals surface area contributed by atoms with Crippen molar-refractivity contribution < 1.29 is 4.39 Å². The first kappa shape index (κ1) is 13.4. The zero-order valence-electron chi connectivity index (χ0n) is 9.96. The Hall–Kier alpha value is -1.05. The fourth-order valence-electron chi connectivity index (χ4n) is 1.80. The molecule has 0 aromatic heterocycles. The topological polar surface area (TPSA) is 0 Å². The molecule has 0 aliphatic heterocycles. The molecule has 0 heterocycles. The van der Waals surface area contributed by atoms with Gasteiger partial charge >= 0.3 is 0 Å². The van der Waals surface area contributed by atoms with Crippen LogP contribution >= 0.6 is 23.2 Å². The smallest absolute Gasteiger partial charge is 0.124 e. The SMILES string of the molecule is Cc1ccc(CC(Cl)c2ccc(F)cc2Cl)cc1. The van der Waals surface area contributed by atoms with E-state index in [1.54, 1.807) is 6.07 Å². The monoisotopic (exact) mass is 282 g/mol. The Morgan fingerprint density at radius 2 is 1.78 bits per heavy atom. The van der Waals surface area contributed by atoms with Gasteiger partial charge in [-0.25, -0.2) is 4.39 Å². The molecule has 1 atom stereocenters. The van der Waals surface area contributed by atoms with Gasteiger partial charge in [0.05, 0.1) is 5.38 Å². The molecule has 0 nitrogen and oxygen atoms in total. The minimum Gasteiger partial charge on any atom is -0.207 e. The Balaban J connectivity index is 2.16. The van der Waals surface area contributed by atoms with E-state index in [0.717, 1.165) is 11.1 Å². The first-order valence-corrected chi connectivity index (χ1v) is 6.52. The molecule has 0 aliphatic carbocycles. The third-order valence-corrected chi connectivity index (χ3v) is 3.55. The van der Waals surface area contributed by atoms with Gasteiger partial charge in [-0.15, -0.1) is 11.6 Å². The predicted molar refractivity (Wildman–Crippen MR) is 74.9 cm³/mol. The van der Waals surface area contributed by atoms with E-state index in [1.165, 1.54) is 17.7 Å². The molecule has 0 aliphatic rings. The summed E-state index contributed by atoms with van der Waals surface area (Å²) in [5.74, 6) is -0.344. The summed E-state index contributed by atoms with van der Waals surface area (Å²) in [5.41, 5.74) is 3.12. The lowest BCUT2D eigenvalue weighted by Gasteiger charge is -2.12. The second-order valence-electron chi connectivity index (χ2n) is 4.32. The first-order chi connectivity index (χ1) is 8.56. The second-order valence-corrected chi connectivity index (χ2v) is 5.26. The van der Waals surface area contributed by atoms with Crippen molar-refractivity contribution in [2.24, 2.45) is 0 Å². The molecule has 0 saturated carbocycles. The molecule has 2 rings (SSSR count). The molecule has 0 N–H and O–H groups in total. The zero-order chi connectivity index (χ0) is 13.1. The number of hydrogen-bond donors (Lipinski definition) is 0. The fourth-order valence-corrected chi connectivity index (χ4v) is 2.52. The van der Waals surface area contributed by atoms with Crippen molar-refractivity contribution in [1.29, 1.82) is 0 Å². The van der Waals surface area contributed by atoms with Crippen LogP contribution in [0.2, 0.25) is 5.02 Å². The lowest BCUT2D eigenvalue weighted by molar-refractivity contribution is 0.627. The average Bonchev–Trinajstić information content (AvgIpc) is 2.32. The maximum atomic E-state index is 13.0. The highest BCUT2D eigenvalue weighted by molar-refractivity contribution is 6.32. The summed E-state index contributed by atoms with van der Waals surface area (Å²) < 4.78 is 13.0. The molecule has 2 aromatic carbocycles. The van der Waals surface area contributed by atoms with Crippen LogP contribution in [0.4, 0.5) is 4.39 Å². The number of benzene rings is 2. The Morgan fingerprint density at radius 1 is 1.11 bits per heavy atom. The van der Waals surface area contributed by atoms with Crippen molar-refractivity contribution in [3.63, 3.8) is 0 Å². The summed E-state index contributed by atoms with van der Waals surface area (Å²) >= 11 is 12.3. The normalized spacial score (nSPS) is 12.4. The Morgan fingerprint density at radius 3 is 2.39 bits per heavy atom. The van der Waals surface area contributed by atoms with Gasteiger partial charge < -0.3 is 0 Å². The van der Waals surface area contributed by atoms with Gasteiger partial charge in [-0.3, -0.25) is 0 Å². The van der Waals surface area contributed by atoms with E-state index in [2.05, 4.69) is 0 Å². The summed E-state index contributed by atoms with van der Waals surface area (Å²) in [6.45, 7) is 2.04. The van der Waals surface area contributed by atoms with Crippen molar-refractivity contribution in [3.8, 4) is 0 Å². The van der Waals surface area contributed by atoms with E-state index in [1.807, 2.05) is 31.2 Å². The summed E-state index contributed by atoms with van der Waals surface area (Å²) in [6.07, 6.45) is 0.674. The summed E-state index contributed by atoms with van der Waals surface area (Å²) in [7, 11) is 0. The molecule has 0 saturated heterocycles. The van der Waals surface area contributed by atoms with Gasteiger partial charge in [0.1, 0.15) is 5.82 Å². The molecular weight excluding hydrogens is 270 g/mol. The van der Waals surface area contributed by atoms with Gasteiger partial charge in [0.2, 0.25) is 0 Å². The van der Waals surface area contributed by atoms with Crippen molar-refractivity contribution in [2.45, 2.75) is 18.7 Å². The molecule has 2 aromatic rings. The molecule has 3 heteroatoms. The molecule has 0 bridgehead atoms. The Labute approximate surface area is 116 Å². The van der Waals surface area contributed by atoms with E-state index in [4.69, 9.17) is 23.2 Å². The molecular formula is C15H13Cl2F. The van der Waals surface area contributed by atoms with Crippen molar-refractivity contribution in [2.75, 3.05) is 0 Å². The number of hydrogen-bond acceptors (Lipinski definition) is 0. The van der Waals surface area contributed by atoms with Gasteiger partial charge in [-0.2, -0.15) is 0 Å². The van der Waals surface area contributed by atoms with Crippen molar-refractivity contribution in [3.05, 3.63) is 70.0 Å². The quantitative estimate of drug-likeness (QED) is 0.669. The van der Waals surface area contributed by atoms with E-state index < -0.39 is 0 Å². The molecule has 0 radical (unpaired) electrons. The molecule has 1 unspecified atom stereocenters. The molecule has 18 heavy (non-hydrogen) atoms. The highest BCUT2D eigenvalue weighted by Gasteiger charge is 2.13. The highest BCUT2D eigenvalue weighted by atomic mass is 35.5. The van der Waals surface area contributed by atoms with Crippen LogP contribution < -0.4 is 0 Å². The minimum absolute atomic E-state index is 0.249. The van der Waals surface area contributed by atoms with Gasteiger partial charge in [0, 0.05) is 5.02 Å². The largest absolute Gasteiger partial charge is 0.207 e. The van der Waals surface area contributed by atoms with Crippen LogP contribution in [0.5, 0.6) is 0 Å². The van der Waals surface area contributed by atoms with Crippen LogP contribution in [0.25, 0.3) is 0 Å². The summed E-state index contributed by atoms with van der Waals surface area (Å²) in [5, 5.41) is 0.128.